The van der Waals surface area contributed by atoms with Crippen molar-refractivity contribution in [3.05, 3.63) is 35.9 Å². The third-order valence-corrected chi connectivity index (χ3v) is 3.48. The number of benzene rings is 1. The van der Waals surface area contributed by atoms with Crippen LogP contribution < -0.4 is 0 Å². The molecule has 1 aliphatic rings. The highest BCUT2D eigenvalue weighted by Gasteiger charge is 2.49. The van der Waals surface area contributed by atoms with Gasteiger partial charge in [-0.25, -0.2) is 0 Å². The Bertz CT molecular complexity index is 438. The molecule has 0 heterocycles. The predicted octanol–water partition coefficient (Wildman–Crippen LogP) is 2.33. The molecule has 95 valence electrons. The van der Waals surface area contributed by atoms with Gasteiger partial charge in [0.15, 0.2) is 5.78 Å². The van der Waals surface area contributed by atoms with Crippen LogP contribution in [0.2, 0.25) is 0 Å². The van der Waals surface area contributed by atoms with Crippen LogP contribution in [0.25, 0.3) is 0 Å². The Balaban J connectivity index is 2.26. The van der Waals surface area contributed by atoms with Gasteiger partial charge in [0.05, 0.1) is 6.61 Å². The van der Waals surface area contributed by atoms with E-state index in [-0.39, 0.29) is 11.8 Å². The number of hydrogen-bond donors (Lipinski definition) is 0. The van der Waals surface area contributed by atoms with Gasteiger partial charge in [-0.05, 0) is 37.8 Å². The fourth-order valence-electron chi connectivity index (χ4n) is 2.56. The SMILES string of the molecule is CCOC(=O)C1(Cc2c[c]ccc2)CCCC1=O. The van der Waals surface area contributed by atoms with E-state index >= 15 is 0 Å². The summed E-state index contributed by atoms with van der Waals surface area (Å²) in [7, 11) is 0. The van der Waals surface area contributed by atoms with E-state index in [9.17, 15) is 9.59 Å². The molecule has 1 atom stereocenters. The Hall–Kier alpha value is -1.64. The smallest absolute Gasteiger partial charge is 0.319 e. The van der Waals surface area contributed by atoms with Crippen LogP contribution in [0.1, 0.15) is 31.7 Å². The van der Waals surface area contributed by atoms with Crippen molar-refractivity contribution >= 4 is 11.8 Å². The summed E-state index contributed by atoms with van der Waals surface area (Å²) in [6.07, 6.45) is 2.28. The van der Waals surface area contributed by atoms with Gasteiger partial charge in [0.25, 0.3) is 0 Å². The maximum absolute atomic E-state index is 12.1. The fourth-order valence-corrected chi connectivity index (χ4v) is 2.56. The second kappa shape index (κ2) is 5.34. The number of ether oxygens (including phenoxy) is 1. The molecule has 0 spiro atoms. The minimum Gasteiger partial charge on any atom is -0.465 e. The van der Waals surface area contributed by atoms with Crippen LogP contribution in [0, 0.1) is 11.5 Å². The highest BCUT2D eigenvalue weighted by molar-refractivity contribution is 6.05. The zero-order valence-corrected chi connectivity index (χ0v) is 10.6. The first-order valence-corrected chi connectivity index (χ1v) is 6.34. The van der Waals surface area contributed by atoms with Crippen molar-refractivity contribution in [3.8, 4) is 0 Å². The Morgan fingerprint density at radius 1 is 1.56 bits per heavy atom. The molecule has 1 fully saturated rings. The lowest BCUT2D eigenvalue weighted by atomic mass is 9.79. The first-order chi connectivity index (χ1) is 8.69. The standard InChI is InChI=1S/C15H17O3/c1-2-18-14(17)15(10-6-9-13(15)16)11-12-7-4-3-5-8-12/h3-4,7-8H,2,6,9-11H2,1H3. The predicted molar refractivity (Wildman–Crippen MR) is 66.9 cm³/mol. The van der Waals surface area contributed by atoms with Crippen LogP contribution >= 0.6 is 0 Å². The molecule has 3 heteroatoms. The molecule has 2 rings (SSSR count). The maximum atomic E-state index is 12.1. The van der Waals surface area contributed by atoms with Crippen molar-refractivity contribution in [1.29, 1.82) is 0 Å². The van der Waals surface area contributed by atoms with Crippen LogP contribution in [0.15, 0.2) is 24.3 Å². The monoisotopic (exact) mass is 245 g/mol. The van der Waals surface area contributed by atoms with E-state index in [2.05, 4.69) is 6.07 Å². The number of hydrogen-bond acceptors (Lipinski definition) is 3. The van der Waals surface area contributed by atoms with E-state index < -0.39 is 5.41 Å². The lowest BCUT2D eigenvalue weighted by molar-refractivity contribution is -0.158. The molecule has 1 saturated carbocycles. The Kier molecular flexibility index (Phi) is 3.80. The Morgan fingerprint density at radius 3 is 2.94 bits per heavy atom. The zero-order valence-electron chi connectivity index (χ0n) is 10.6. The molecule has 0 saturated heterocycles. The van der Waals surface area contributed by atoms with E-state index in [1.807, 2.05) is 18.2 Å². The molecule has 1 radical (unpaired) electrons. The molecular formula is C15H17O3. The van der Waals surface area contributed by atoms with Crippen molar-refractivity contribution in [1.82, 2.24) is 0 Å². The Labute approximate surface area is 107 Å². The molecule has 0 bridgehead atoms. The lowest BCUT2D eigenvalue weighted by Crippen LogP contribution is -2.39. The van der Waals surface area contributed by atoms with Crippen molar-refractivity contribution < 1.29 is 14.3 Å². The quantitative estimate of drug-likeness (QED) is 0.604. The second-order valence-corrected chi connectivity index (χ2v) is 4.67. The first kappa shape index (κ1) is 12.8. The summed E-state index contributed by atoms with van der Waals surface area (Å²) in [5, 5.41) is 0. The first-order valence-electron chi connectivity index (χ1n) is 6.34. The largest absolute Gasteiger partial charge is 0.465 e. The van der Waals surface area contributed by atoms with Gasteiger partial charge in [0.2, 0.25) is 0 Å². The third kappa shape index (κ3) is 2.30. The summed E-state index contributed by atoms with van der Waals surface area (Å²) in [5.74, 6) is -0.346. The van der Waals surface area contributed by atoms with Crippen LogP contribution in [0.3, 0.4) is 0 Å². The Morgan fingerprint density at radius 2 is 2.39 bits per heavy atom. The molecule has 1 aromatic carbocycles. The summed E-state index contributed by atoms with van der Waals surface area (Å²) in [6.45, 7) is 2.08. The summed E-state index contributed by atoms with van der Waals surface area (Å²) in [6, 6.07) is 10.4. The van der Waals surface area contributed by atoms with Gasteiger partial charge in [-0.3, -0.25) is 9.59 Å². The zero-order chi connectivity index (χ0) is 13.0. The molecule has 3 nitrogen and oxygen atoms in total. The van der Waals surface area contributed by atoms with Gasteiger partial charge < -0.3 is 4.74 Å². The van der Waals surface area contributed by atoms with E-state index in [1.54, 1.807) is 13.0 Å². The summed E-state index contributed by atoms with van der Waals surface area (Å²) in [5.41, 5.74) is 0.00591. The topological polar surface area (TPSA) is 43.4 Å². The second-order valence-electron chi connectivity index (χ2n) is 4.67. The lowest BCUT2D eigenvalue weighted by Gasteiger charge is -2.24. The van der Waals surface area contributed by atoms with Gasteiger partial charge >= 0.3 is 5.97 Å². The summed E-state index contributed by atoms with van der Waals surface area (Å²) >= 11 is 0. The number of carbonyl (C=O) groups is 2. The molecule has 0 aromatic heterocycles. The van der Waals surface area contributed by atoms with Gasteiger partial charge in [-0.2, -0.15) is 0 Å². The number of esters is 1. The van der Waals surface area contributed by atoms with Crippen molar-refractivity contribution in [2.75, 3.05) is 6.61 Å². The van der Waals surface area contributed by atoms with Crippen LogP contribution in [0.5, 0.6) is 0 Å². The molecular weight excluding hydrogens is 228 g/mol. The normalized spacial score (nSPS) is 23.1. The molecule has 1 aromatic rings. The van der Waals surface area contributed by atoms with Crippen LogP contribution in [0.4, 0.5) is 0 Å². The number of ketones is 1. The van der Waals surface area contributed by atoms with E-state index in [4.69, 9.17) is 4.74 Å². The van der Waals surface area contributed by atoms with Crippen molar-refractivity contribution in [2.45, 2.75) is 32.6 Å². The molecule has 1 unspecified atom stereocenters. The summed E-state index contributed by atoms with van der Waals surface area (Å²) in [4.78, 5) is 24.2. The minimum absolute atomic E-state index is 0.0183. The van der Waals surface area contributed by atoms with E-state index in [0.29, 0.717) is 25.9 Å². The minimum atomic E-state index is -0.953. The fraction of sp³-hybridized carbons (Fsp3) is 0.467. The molecule has 0 aliphatic heterocycles. The average molecular weight is 245 g/mol. The van der Waals surface area contributed by atoms with Gasteiger partial charge in [-0.1, -0.05) is 24.3 Å². The van der Waals surface area contributed by atoms with Crippen LogP contribution in [-0.2, 0) is 20.7 Å². The van der Waals surface area contributed by atoms with Gasteiger partial charge in [-0.15, -0.1) is 0 Å². The highest BCUT2D eigenvalue weighted by atomic mass is 16.5. The highest BCUT2D eigenvalue weighted by Crippen LogP contribution is 2.39. The van der Waals surface area contributed by atoms with E-state index in [1.165, 1.54) is 0 Å². The average Bonchev–Trinajstić information content (AvgIpc) is 2.74. The third-order valence-electron chi connectivity index (χ3n) is 3.48. The molecule has 0 amide bonds. The maximum Gasteiger partial charge on any atom is 0.319 e. The number of carbonyl (C=O) groups excluding carboxylic acids is 2. The summed E-state index contributed by atoms with van der Waals surface area (Å²) < 4.78 is 5.10. The van der Waals surface area contributed by atoms with Gasteiger partial charge in [0, 0.05) is 6.42 Å². The van der Waals surface area contributed by atoms with Crippen LogP contribution in [-0.4, -0.2) is 18.4 Å². The van der Waals surface area contributed by atoms with Gasteiger partial charge in [0.1, 0.15) is 5.41 Å². The number of rotatable bonds is 4. The molecule has 0 N–H and O–H groups in total. The van der Waals surface area contributed by atoms with Crippen molar-refractivity contribution in [2.24, 2.45) is 5.41 Å². The van der Waals surface area contributed by atoms with Crippen molar-refractivity contribution in [3.63, 3.8) is 0 Å². The molecule has 18 heavy (non-hydrogen) atoms. The molecule has 1 aliphatic carbocycles. The van der Waals surface area contributed by atoms with E-state index in [0.717, 1.165) is 12.0 Å². The number of Topliss-reactive ketones (excluding diaryl/α,β-unsaturated/α-hetero) is 1.